The number of pyridine rings is 1. The maximum atomic E-state index is 12.1. The number of hydrogen-bond donors (Lipinski definition) is 2. The lowest BCUT2D eigenvalue weighted by molar-refractivity contribution is -0.120. The van der Waals surface area contributed by atoms with E-state index in [2.05, 4.69) is 15.0 Å². The van der Waals surface area contributed by atoms with Crippen molar-refractivity contribution < 1.29 is 13.2 Å². The molecule has 0 unspecified atom stereocenters. The molecule has 1 amide bonds. The van der Waals surface area contributed by atoms with Gasteiger partial charge in [0.1, 0.15) is 0 Å². The second kappa shape index (κ2) is 8.03. The Kier molecular flexibility index (Phi) is 6.05. The van der Waals surface area contributed by atoms with Crippen LogP contribution < -0.4 is 10.0 Å². The van der Waals surface area contributed by atoms with Gasteiger partial charge in [-0.1, -0.05) is 29.3 Å². The van der Waals surface area contributed by atoms with E-state index < -0.39 is 10.0 Å². The van der Waals surface area contributed by atoms with Gasteiger partial charge in [0, 0.05) is 18.9 Å². The fourth-order valence-electron chi connectivity index (χ4n) is 2.36. The first-order valence-electron chi connectivity index (χ1n) is 7.54. The van der Waals surface area contributed by atoms with Crippen molar-refractivity contribution in [3.8, 4) is 0 Å². The van der Waals surface area contributed by atoms with E-state index in [0.29, 0.717) is 12.1 Å². The predicted molar refractivity (Wildman–Crippen MR) is 92.6 cm³/mol. The van der Waals surface area contributed by atoms with Gasteiger partial charge in [0.05, 0.1) is 12.3 Å². The van der Waals surface area contributed by atoms with Crippen LogP contribution in [0.15, 0.2) is 42.7 Å². The quantitative estimate of drug-likeness (QED) is 0.793. The number of benzene rings is 1. The lowest BCUT2D eigenvalue weighted by atomic mass is 10.1. The smallest absolute Gasteiger partial charge is 0.235 e. The van der Waals surface area contributed by atoms with Gasteiger partial charge in [0.2, 0.25) is 15.9 Å². The highest BCUT2D eigenvalue weighted by Crippen LogP contribution is 2.11. The van der Waals surface area contributed by atoms with Crippen molar-refractivity contribution in [1.29, 1.82) is 0 Å². The molecule has 0 aliphatic heterocycles. The summed E-state index contributed by atoms with van der Waals surface area (Å²) in [6, 6.07) is 9.20. The largest absolute Gasteiger partial charge is 0.351 e. The Morgan fingerprint density at radius 2 is 1.67 bits per heavy atom. The molecular formula is C17H21N3O3S. The molecule has 0 atom stereocenters. The van der Waals surface area contributed by atoms with Crippen LogP contribution in [-0.4, -0.2) is 25.9 Å². The second-order valence-electron chi connectivity index (χ2n) is 5.71. The summed E-state index contributed by atoms with van der Waals surface area (Å²) < 4.78 is 26.5. The lowest BCUT2D eigenvalue weighted by Crippen LogP contribution is -2.37. The molecule has 0 saturated carbocycles. The molecule has 1 aromatic heterocycles. The van der Waals surface area contributed by atoms with Crippen LogP contribution in [0.25, 0.3) is 0 Å². The first-order chi connectivity index (χ1) is 11.3. The molecule has 0 aliphatic carbocycles. The van der Waals surface area contributed by atoms with Crippen molar-refractivity contribution in [2.24, 2.45) is 0 Å². The van der Waals surface area contributed by atoms with Gasteiger partial charge in [-0.05, 0) is 37.1 Å². The van der Waals surface area contributed by atoms with Crippen LogP contribution in [0.1, 0.15) is 22.3 Å². The Labute approximate surface area is 142 Å². The number of sulfonamides is 1. The molecule has 0 radical (unpaired) electrons. The summed E-state index contributed by atoms with van der Waals surface area (Å²) >= 11 is 0. The molecule has 128 valence electrons. The van der Waals surface area contributed by atoms with Crippen molar-refractivity contribution in [3.05, 3.63) is 65.0 Å². The van der Waals surface area contributed by atoms with E-state index in [1.807, 2.05) is 32.0 Å². The van der Waals surface area contributed by atoms with E-state index in [4.69, 9.17) is 0 Å². The zero-order valence-corrected chi connectivity index (χ0v) is 14.6. The standard InChI is InChI=1S/C17H21N3O3S/c1-13-7-14(2)9-16(8-13)12-24(22,23)20-11-17(21)19-10-15-3-5-18-6-4-15/h3-9,20H,10-12H2,1-2H3,(H,19,21). The fourth-order valence-corrected chi connectivity index (χ4v) is 3.42. The molecule has 2 N–H and O–H groups in total. The molecule has 0 bridgehead atoms. The van der Waals surface area contributed by atoms with Crippen molar-refractivity contribution in [2.45, 2.75) is 26.1 Å². The minimum absolute atomic E-state index is 0.146. The Bertz CT molecular complexity index is 785. The Hall–Kier alpha value is -2.25. The van der Waals surface area contributed by atoms with E-state index >= 15 is 0 Å². The number of nitrogens with zero attached hydrogens (tertiary/aromatic N) is 1. The summed E-state index contributed by atoms with van der Waals surface area (Å²) in [7, 11) is -3.57. The normalized spacial score (nSPS) is 11.2. The molecule has 7 heteroatoms. The number of aromatic nitrogens is 1. The average molecular weight is 347 g/mol. The SMILES string of the molecule is Cc1cc(C)cc(CS(=O)(=O)NCC(=O)NCc2ccncc2)c1. The minimum Gasteiger partial charge on any atom is -0.351 e. The summed E-state index contributed by atoms with van der Waals surface area (Å²) in [4.78, 5) is 15.7. The molecule has 1 heterocycles. The molecule has 0 fully saturated rings. The molecular weight excluding hydrogens is 326 g/mol. The van der Waals surface area contributed by atoms with E-state index in [9.17, 15) is 13.2 Å². The van der Waals surface area contributed by atoms with Gasteiger partial charge in [0.25, 0.3) is 0 Å². The number of amides is 1. The zero-order chi connectivity index (χ0) is 17.6. The Morgan fingerprint density at radius 3 is 2.29 bits per heavy atom. The number of carbonyl (C=O) groups is 1. The summed E-state index contributed by atoms with van der Waals surface area (Å²) in [6.45, 7) is 3.89. The summed E-state index contributed by atoms with van der Waals surface area (Å²) in [5.74, 6) is -0.525. The second-order valence-corrected chi connectivity index (χ2v) is 7.52. The van der Waals surface area contributed by atoms with E-state index in [-0.39, 0.29) is 18.2 Å². The van der Waals surface area contributed by atoms with Gasteiger partial charge in [-0.25, -0.2) is 13.1 Å². The third-order valence-electron chi connectivity index (χ3n) is 3.33. The highest BCUT2D eigenvalue weighted by Gasteiger charge is 2.14. The fraction of sp³-hybridized carbons (Fsp3) is 0.294. The third-order valence-corrected chi connectivity index (χ3v) is 4.63. The maximum Gasteiger partial charge on any atom is 0.235 e. The summed E-state index contributed by atoms with van der Waals surface area (Å²) in [5.41, 5.74) is 3.62. The van der Waals surface area contributed by atoms with Crippen molar-refractivity contribution >= 4 is 15.9 Å². The number of carbonyl (C=O) groups excluding carboxylic acids is 1. The molecule has 0 saturated heterocycles. The Balaban J connectivity index is 1.84. The van der Waals surface area contributed by atoms with Gasteiger partial charge in [-0.3, -0.25) is 9.78 Å². The van der Waals surface area contributed by atoms with Gasteiger partial charge in [0.15, 0.2) is 0 Å². The lowest BCUT2D eigenvalue weighted by Gasteiger charge is -2.09. The number of hydrogen-bond acceptors (Lipinski definition) is 4. The van der Waals surface area contributed by atoms with Crippen molar-refractivity contribution in [2.75, 3.05) is 6.54 Å². The van der Waals surface area contributed by atoms with E-state index in [1.165, 1.54) is 0 Å². The van der Waals surface area contributed by atoms with Gasteiger partial charge < -0.3 is 5.32 Å². The highest BCUT2D eigenvalue weighted by atomic mass is 32.2. The van der Waals surface area contributed by atoms with Crippen LogP contribution in [-0.2, 0) is 27.1 Å². The monoisotopic (exact) mass is 347 g/mol. The van der Waals surface area contributed by atoms with Crippen molar-refractivity contribution in [3.63, 3.8) is 0 Å². The number of nitrogens with one attached hydrogen (secondary N) is 2. The van der Waals surface area contributed by atoms with Crippen LogP contribution in [0.4, 0.5) is 0 Å². The van der Waals surface area contributed by atoms with E-state index in [0.717, 1.165) is 16.7 Å². The highest BCUT2D eigenvalue weighted by molar-refractivity contribution is 7.88. The van der Waals surface area contributed by atoms with Crippen LogP contribution in [0.2, 0.25) is 0 Å². The maximum absolute atomic E-state index is 12.1. The molecule has 0 aliphatic rings. The number of aryl methyl sites for hydroxylation is 2. The molecule has 6 nitrogen and oxygen atoms in total. The topological polar surface area (TPSA) is 88.2 Å². The molecule has 2 rings (SSSR count). The van der Waals surface area contributed by atoms with E-state index in [1.54, 1.807) is 24.5 Å². The van der Waals surface area contributed by atoms with Gasteiger partial charge in [-0.2, -0.15) is 0 Å². The zero-order valence-electron chi connectivity index (χ0n) is 13.7. The molecule has 24 heavy (non-hydrogen) atoms. The predicted octanol–water partition coefficient (Wildman–Crippen LogP) is 1.43. The van der Waals surface area contributed by atoms with Crippen LogP contribution in [0.3, 0.4) is 0 Å². The van der Waals surface area contributed by atoms with Gasteiger partial charge >= 0.3 is 0 Å². The minimum atomic E-state index is -3.57. The first kappa shape index (κ1) is 18.1. The van der Waals surface area contributed by atoms with Crippen LogP contribution >= 0.6 is 0 Å². The first-order valence-corrected chi connectivity index (χ1v) is 9.19. The summed E-state index contributed by atoms with van der Waals surface area (Å²) in [6.07, 6.45) is 3.27. The molecule has 2 aromatic rings. The van der Waals surface area contributed by atoms with Gasteiger partial charge in [-0.15, -0.1) is 0 Å². The average Bonchev–Trinajstić information content (AvgIpc) is 2.50. The number of rotatable bonds is 7. The molecule has 0 spiro atoms. The summed E-state index contributed by atoms with van der Waals surface area (Å²) in [5, 5.41) is 2.66. The van der Waals surface area contributed by atoms with Crippen LogP contribution in [0, 0.1) is 13.8 Å². The van der Waals surface area contributed by atoms with Crippen LogP contribution in [0.5, 0.6) is 0 Å². The Morgan fingerprint density at radius 1 is 1.04 bits per heavy atom. The molecule has 1 aromatic carbocycles. The van der Waals surface area contributed by atoms with Crippen molar-refractivity contribution in [1.82, 2.24) is 15.0 Å². The third kappa shape index (κ3) is 6.10.